The molecule has 0 fully saturated rings. The summed E-state index contributed by atoms with van der Waals surface area (Å²) in [6.45, 7) is 1.77. The monoisotopic (exact) mass is 361 g/mol. The number of para-hydroxylation sites is 2. The Kier molecular flexibility index (Phi) is 4.33. The Morgan fingerprint density at radius 1 is 1.11 bits per heavy atom. The van der Waals surface area contributed by atoms with Crippen molar-refractivity contribution in [3.63, 3.8) is 0 Å². The third kappa shape index (κ3) is 3.39. The summed E-state index contributed by atoms with van der Waals surface area (Å²) < 4.78 is 6.98. The highest BCUT2D eigenvalue weighted by atomic mass is 16.5. The Morgan fingerprint density at radius 2 is 1.85 bits per heavy atom. The van der Waals surface area contributed by atoms with Gasteiger partial charge in [0.2, 0.25) is 0 Å². The molecule has 4 rings (SSSR count). The molecule has 4 aromatic rings. The molecule has 136 valence electrons. The minimum absolute atomic E-state index is 0.363. The summed E-state index contributed by atoms with van der Waals surface area (Å²) in [5.74, 6) is 1.73. The van der Waals surface area contributed by atoms with E-state index in [1.54, 1.807) is 13.0 Å². The molecule has 0 spiro atoms. The fraction of sp³-hybridized carbons (Fsp3) is 0.150. The number of hydrogen-bond acceptors (Lipinski definition) is 4. The average Bonchev–Trinajstić information content (AvgIpc) is 3.24. The number of rotatable bonds is 4. The molecule has 0 bridgehead atoms. The first kappa shape index (κ1) is 16.8. The van der Waals surface area contributed by atoms with Crippen molar-refractivity contribution in [2.24, 2.45) is 7.05 Å². The van der Waals surface area contributed by atoms with E-state index in [0.717, 1.165) is 22.4 Å². The van der Waals surface area contributed by atoms with E-state index in [1.165, 1.54) is 0 Å². The number of hydrogen-bond donors (Lipinski definition) is 2. The lowest BCUT2D eigenvalue weighted by molar-refractivity contribution is 0.249. The SMILES string of the molecule is Cc1cc(NC(=O)N[C@@H](c2ccccc2)c2nc3ccccc3n2C)no1. The molecule has 1 atom stereocenters. The lowest BCUT2D eigenvalue weighted by atomic mass is 10.1. The molecule has 0 saturated heterocycles. The van der Waals surface area contributed by atoms with Gasteiger partial charge in [-0.25, -0.2) is 9.78 Å². The second-order valence-corrected chi connectivity index (χ2v) is 6.28. The number of aromatic nitrogens is 3. The van der Waals surface area contributed by atoms with E-state index in [2.05, 4.69) is 15.8 Å². The van der Waals surface area contributed by atoms with Crippen LogP contribution in [0.3, 0.4) is 0 Å². The number of fused-ring (bicyclic) bond motifs is 1. The smallest absolute Gasteiger partial charge is 0.321 e. The summed E-state index contributed by atoms with van der Waals surface area (Å²) in [5, 5.41) is 9.48. The third-order valence-electron chi connectivity index (χ3n) is 4.36. The van der Waals surface area contributed by atoms with Gasteiger partial charge in [0.15, 0.2) is 5.82 Å². The number of anilines is 1. The van der Waals surface area contributed by atoms with Gasteiger partial charge in [0.05, 0.1) is 11.0 Å². The number of nitrogens with one attached hydrogen (secondary N) is 2. The highest BCUT2D eigenvalue weighted by Gasteiger charge is 2.23. The quantitative estimate of drug-likeness (QED) is 0.579. The van der Waals surface area contributed by atoms with Gasteiger partial charge >= 0.3 is 6.03 Å². The van der Waals surface area contributed by atoms with E-state index >= 15 is 0 Å². The zero-order valence-corrected chi connectivity index (χ0v) is 15.0. The van der Waals surface area contributed by atoms with E-state index in [1.807, 2.05) is 66.2 Å². The number of nitrogens with zero attached hydrogens (tertiary/aromatic N) is 3. The summed E-state index contributed by atoms with van der Waals surface area (Å²) in [4.78, 5) is 17.3. The predicted molar refractivity (Wildman–Crippen MR) is 102 cm³/mol. The lowest BCUT2D eigenvalue weighted by Gasteiger charge is -2.19. The van der Waals surface area contributed by atoms with E-state index in [4.69, 9.17) is 9.51 Å². The van der Waals surface area contributed by atoms with Crippen molar-refractivity contribution in [3.05, 3.63) is 77.8 Å². The fourth-order valence-corrected chi connectivity index (χ4v) is 3.07. The first-order chi connectivity index (χ1) is 13.1. The minimum atomic E-state index is -0.420. The fourth-order valence-electron chi connectivity index (χ4n) is 3.07. The molecule has 0 unspecified atom stereocenters. The second kappa shape index (κ2) is 6.95. The van der Waals surface area contributed by atoms with Crippen LogP contribution in [-0.4, -0.2) is 20.7 Å². The van der Waals surface area contributed by atoms with Crippen LogP contribution < -0.4 is 10.6 Å². The summed E-state index contributed by atoms with van der Waals surface area (Å²) in [7, 11) is 1.95. The van der Waals surface area contributed by atoms with Gasteiger partial charge < -0.3 is 14.4 Å². The molecule has 2 amide bonds. The van der Waals surface area contributed by atoms with Gasteiger partial charge in [0.25, 0.3) is 0 Å². The number of benzene rings is 2. The first-order valence-electron chi connectivity index (χ1n) is 8.59. The van der Waals surface area contributed by atoms with Crippen molar-refractivity contribution in [2.45, 2.75) is 13.0 Å². The van der Waals surface area contributed by atoms with Crippen LogP contribution in [-0.2, 0) is 7.05 Å². The highest BCUT2D eigenvalue weighted by molar-refractivity contribution is 5.88. The van der Waals surface area contributed by atoms with Crippen molar-refractivity contribution < 1.29 is 9.32 Å². The zero-order chi connectivity index (χ0) is 18.8. The summed E-state index contributed by atoms with van der Waals surface area (Å²) in [6, 6.07) is 18.5. The maximum Gasteiger partial charge on any atom is 0.321 e. The molecule has 2 N–H and O–H groups in total. The van der Waals surface area contributed by atoms with E-state index < -0.39 is 6.04 Å². The number of amides is 2. The predicted octanol–water partition coefficient (Wildman–Crippen LogP) is 3.78. The Morgan fingerprint density at radius 3 is 2.56 bits per heavy atom. The maximum atomic E-state index is 12.6. The number of urea groups is 1. The Labute approximate surface area is 156 Å². The molecule has 2 aromatic heterocycles. The molecule has 27 heavy (non-hydrogen) atoms. The highest BCUT2D eigenvalue weighted by Crippen LogP contribution is 2.25. The van der Waals surface area contributed by atoms with Gasteiger partial charge in [0.1, 0.15) is 17.6 Å². The van der Waals surface area contributed by atoms with Gasteiger partial charge in [-0.05, 0) is 24.6 Å². The Hall–Kier alpha value is -3.61. The van der Waals surface area contributed by atoms with Gasteiger partial charge in [-0.15, -0.1) is 0 Å². The summed E-state index contributed by atoms with van der Waals surface area (Å²) in [6.07, 6.45) is 0. The Balaban J connectivity index is 1.69. The van der Waals surface area contributed by atoms with Crippen LogP contribution >= 0.6 is 0 Å². The van der Waals surface area contributed by atoms with Crippen molar-refractivity contribution in [3.8, 4) is 0 Å². The molecule has 2 heterocycles. The molecule has 0 radical (unpaired) electrons. The summed E-state index contributed by atoms with van der Waals surface area (Å²) in [5.41, 5.74) is 2.82. The van der Waals surface area contributed by atoms with Crippen molar-refractivity contribution >= 4 is 22.9 Å². The number of carbonyl (C=O) groups is 1. The van der Waals surface area contributed by atoms with Crippen molar-refractivity contribution in [1.29, 1.82) is 0 Å². The molecule has 0 aliphatic carbocycles. The zero-order valence-electron chi connectivity index (χ0n) is 15.0. The number of carbonyl (C=O) groups excluding carboxylic acids is 1. The minimum Gasteiger partial charge on any atom is -0.360 e. The molecular weight excluding hydrogens is 342 g/mol. The molecule has 0 saturated carbocycles. The molecular formula is C20H19N5O2. The number of aryl methyl sites for hydroxylation is 2. The van der Waals surface area contributed by atoms with Crippen molar-refractivity contribution in [1.82, 2.24) is 20.0 Å². The Bertz CT molecular complexity index is 1080. The molecule has 7 nitrogen and oxygen atoms in total. The van der Waals surface area contributed by atoms with Crippen LogP contribution in [0.5, 0.6) is 0 Å². The van der Waals surface area contributed by atoms with Gasteiger partial charge in [0, 0.05) is 13.1 Å². The van der Waals surface area contributed by atoms with Crippen LogP contribution in [0.2, 0.25) is 0 Å². The number of imidazole rings is 1. The van der Waals surface area contributed by atoms with E-state index in [9.17, 15) is 4.79 Å². The van der Waals surface area contributed by atoms with Gasteiger partial charge in [-0.1, -0.05) is 47.6 Å². The maximum absolute atomic E-state index is 12.6. The van der Waals surface area contributed by atoms with E-state index in [-0.39, 0.29) is 6.03 Å². The van der Waals surface area contributed by atoms with Gasteiger partial charge in [-0.2, -0.15) is 0 Å². The van der Waals surface area contributed by atoms with E-state index in [0.29, 0.717) is 11.6 Å². The van der Waals surface area contributed by atoms with Gasteiger partial charge in [-0.3, -0.25) is 5.32 Å². The topological polar surface area (TPSA) is 85.0 Å². The van der Waals surface area contributed by atoms with Crippen LogP contribution in [0.25, 0.3) is 11.0 Å². The van der Waals surface area contributed by atoms with Crippen LogP contribution in [0.4, 0.5) is 10.6 Å². The van der Waals surface area contributed by atoms with Crippen LogP contribution in [0.1, 0.15) is 23.2 Å². The molecule has 2 aromatic carbocycles. The largest absolute Gasteiger partial charge is 0.360 e. The van der Waals surface area contributed by atoms with Crippen molar-refractivity contribution in [2.75, 3.05) is 5.32 Å². The standard InChI is InChI=1S/C20H19N5O2/c1-13-12-17(24-27-13)22-20(26)23-18(14-8-4-3-5-9-14)19-21-15-10-6-7-11-16(15)25(19)2/h3-12,18H,1-2H3,(H2,22,23,24,26)/t18-/m0/s1. The first-order valence-corrected chi connectivity index (χ1v) is 8.59. The third-order valence-corrected chi connectivity index (χ3v) is 4.36. The normalized spacial score (nSPS) is 12.1. The molecule has 0 aliphatic heterocycles. The van der Waals surface area contributed by atoms with Crippen LogP contribution in [0.15, 0.2) is 65.2 Å². The second-order valence-electron chi connectivity index (χ2n) is 6.28. The summed E-state index contributed by atoms with van der Waals surface area (Å²) >= 11 is 0. The molecule has 0 aliphatic rings. The average molecular weight is 361 g/mol. The molecule has 7 heteroatoms. The van der Waals surface area contributed by atoms with Crippen LogP contribution in [0, 0.1) is 6.92 Å². The lowest BCUT2D eigenvalue weighted by Crippen LogP contribution is -2.34.